The van der Waals surface area contributed by atoms with Gasteiger partial charge in [-0.05, 0) is 101 Å². The summed E-state index contributed by atoms with van der Waals surface area (Å²) < 4.78 is 14.1. The van der Waals surface area contributed by atoms with Gasteiger partial charge in [-0.2, -0.15) is 4.80 Å². The number of allylic oxidation sites excluding steroid dienone is 1. The van der Waals surface area contributed by atoms with Crippen LogP contribution in [0.1, 0.15) is 121 Å². The van der Waals surface area contributed by atoms with Crippen LogP contribution in [0.15, 0.2) is 11.6 Å². The van der Waals surface area contributed by atoms with E-state index in [1.807, 2.05) is 0 Å². The van der Waals surface area contributed by atoms with Crippen LogP contribution in [0.5, 0.6) is 0 Å². The lowest BCUT2D eigenvalue weighted by Crippen LogP contribution is -2.70. The van der Waals surface area contributed by atoms with E-state index in [-0.39, 0.29) is 57.1 Å². The molecule has 0 radical (unpaired) electrons. The summed E-state index contributed by atoms with van der Waals surface area (Å²) in [5.74, 6) is 0.422. The number of anilines is 1. The minimum Gasteiger partial charge on any atom is -0.481 e. The quantitative estimate of drug-likeness (QED) is 0.240. The van der Waals surface area contributed by atoms with Crippen LogP contribution in [-0.2, 0) is 14.3 Å². The first-order valence-corrected chi connectivity index (χ1v) is 19.2. The molecular formula is C39H66N6O4. The van der Waals surface area contributed by atoms with Crippen molar-refractivity contribution in [1.82, 2.24) is 25.5 Å². The number of hydrogen-bond donors (Lipinski definition) is 3. The minimum absolute atomic E-state index is 0.00698. The number of fused-ring (bicyclic) bond motifs is 3. The van der Waals surface area contributed by atoms with Crippen molar-refractivity contribution < 1.29 is 19.4 Å². The van der Waals surface area contributed by atoms with Gasteiger partial charge >= 0.3 is 5.97 Å². The predicted molar refractivity (Wildman–Crippen MR) is 191 cm³/mol. The van der Waals surface area contributed by atoms with Crippen LogP contribution in [0.3, 0.4) is 0 Å². The van der Waals surface area contributed by atoms with Crippen molar-refractivity contribution in [3.63, 3.8) is 0 Å². The topological polar surface area (TPSA) is 137 Å². The molecule has 10 heteroatoms. The van der Waals surface area contributed by atoms with Gasteiger partial charge in [0.05, 0.1) is 31.8 Å². The van der Waals surface area contributed by atoms with E-state index in [4.69, 9.17) is 15.2 Å². The number of carboxylic acids is 1. The maximum atomic E-state index is 13.5. The molecule has 4 fully saturated rings. The number of aliphatic carboxylic acids is 1. The molecule has 2 heterocycles. The van der Waals surface area contributed by atoms with Crippen molar-refractivity contribution in [2.24, 2.45) is 62.1 Å². The molecule has 1 aromatic rings. The second-order valence-electron chi connectivity index (χ2n) is 19.3. The number of nitrogen functional groups attached to an aromatic ring is 1. The molecule has 1 saturated heterocycles. The molecule has 0 unspecified atom stereocenters. The van der Waals surface area contributed by atoms with Gasteiger partial charge in [0.25, 0.3) is 5.95 Å². The third-order valence-electron chi connectivity index (χ3n) is 15.7. The Morgan fingerprint density at radius 2 is 1.86 bits per heavy atom. The van der Waals surface area contributed by atoms with Crippen molar-refractivity contribution in [3.8, 4) is 0 Å². The summed E-state index contributed by atoms with van der Waals surface area (Å²) in [6.07, 6.45) is 7.87. The normalized spacial score (nSPS) is 43.2. The van der Waals surface area contributed by atoms with E-state index in [9.17, 15) is 9.90 Å². The third-order valence-corrected chi connectivity index (χ3v) is 15.7. The number of carbonyl (C=O) groups is 1. The Hall–Kier alpha value is -2.04. The summed E-state index contributed by atoms with van der Waals surface area (Å²) in [6, 6.07) is -0.0123. The fraction of sp³-hybridized carbons (Fsp3) is 0.897. The minimum atomic E-state index is -0.633. The number of nitrogens with two attached hydrogens (primary N) is 1. The van der Waals surface area contributed by atoms with Crippen molar-refractivity contribution in [1.29, 1.82) is 0 Å². The summed E-state index contributed by atoms with van der Waals surface area (Å²) >= 11 is 0. The molecular weight excluding hydrogens is 616 g/mol. The largest absolute Gasteiger partial charge is 0.481 e. The fourth-order valence-corrected chi connectivity index (χ4v) is 12.5. The SMILES string of the molecule is CCN[C@H](CO[C@H]1[C@H](n2nnc(N)n2)C[C@]2(C)COC[C@@]13C1=CC[C@@]4(C)[C@H](C(=O)O)[C@@](C)([C@H](C)C(C)C)CC[C@]4(C)[C@H]1CC[C@H]23)C(C)(C)C. The highest BCUT2D eigenvalue weighted by Gasteiger charge is 2.72. The lowest BCUT2D eigenvalue weighted by atomic mass is 9.34. The molecule has 6 rings (SSSR count). The van der Waals surface area contributed by atoms with E-state index < -0.39 is 17.3 Å². The Labute approximate surface area is 295 Å². The van der Waals surface area contributed by atoms with Gasteiger partial charge in [-0.1, -0.05) is 92.9 Å². The van der Waals surface area contributed by atoms with Crippen molar-refractivity contribution in [2.75, 3.05) is 32.1 Å². The van der Waals surface area contributed by atoms with Gasteiger partial charge in [0.1, 0.15) is 6.04 Å². The molecule has 10 nitrogen and oxygen atoms in total. The van der Waals surface area contributed by atoms with Crippen LogP contribution in [0, 0.1) is 62.1 Å². The number of rotatable bonds is 9. The zero-order valence-electron chi connectivity index (χ0n) is 32.3. The van der Waals surface area contributed by atoms with Crippen molar-refractivity contribution in [3.05, 3.63) is 11.6 Å². The molecule has 0 spiro atoms. The Morgan fingerprint density at radius 1 is 1.14 bits per heavy atom. The standard InChI is InChI=1S/C39H66N6O4/c1-12-41-29(34(5,6)7)20-49-31-27(45-43-33(40)42-44-45)19-35(8)21-48-22-39(31)26-15-16-38(11)30(32(46)47)36(9,24(4)23(2)3)17-18-37(38,10)25(26)13-14-28(35)39/h15,23-25,27-31,41H,12-14,16-22H2,1-11H3,(H2,40,43)(H,46,47)/t24-,25+,27-,28-,29-,30-,31+,35-,36-,37-,38+,39+/m1/s1. The number of tetrazole rings is 1. The summed E-state index contributed by atoms with van der Waals surface area (Å²) in [7, 11) is 0. The molecule has 0 aromatic carbocycles. The molecule has 49 heavy (non-hydrogen) atoms. The van der Waals surface area contributed by atoms with E-state index in [0.29, 0.717) is 37.6 Å². The van der Waals surface area contributed by atoms with Crippen LogP contribution >= 0.6 is 0 Å². The van der Waals surface area contributed by atoms with Gasteiger partial charge in [0, 0.05) is 11.5 Å². The first-order chi connectivity index (χ1) is 22.8. The lowest BCUT2D eigenvalue weighted by Gasteiger charge is -2.71. The van der Waals surface area contributed by atoms with E-state index in [0.717, 1.165) is 45.1 Å². The number of hydrogen-bond acceptors (Lipinski definition) is 8. The Kier molecular flexibility index (Phi) is 9.21. The van der Waals surface area contributed by atoms with Crippen molar-refractivity contribution >= 4 is 11.9 Å². The molecule has 3 saturated carbocycles. The number of nitrogens with one attached hydrogen (secondary N) is 1. The van der Waals surface area contributed by atoms with Crippen molar-refractivity contribution in [2.45, 2.75) is 133 Å². The Bertz CT molecular complexity index is 1440. The molecule has 2 bridgehead atoms. The average molecular weight is 683 g/mol. The second kappa shape index (κ2) is 12.3. The molecule has 1 aliphatic heterocycles. The van der Waals surface area contributed by atoms with Crippen LogP contribution in [0.2, 0.25) is 0 Å². The van der Waals surface area contributed by atoms with E-state index in [1.165, 1.54) is 5.57 Å². The highest BCUT2D eigenvalue weighted by molar-refractivity contribution is 5.73. The Balaban J connectivity index is 1.50. The molecule has 4 N–H and O–H groups in total. The summed E-state index contributed by atoms with van der Waals surface area (Å²) in [5, 5.41) is 28.0. The smallest absolute Gasteiger partial charge is 0.307 e. The van der Waals surface area contributed by atoms with Crippen LogP contribution in [0.4, 0.5) is 5.95 Å². The van der Waals surface area contributed by atoms with Gasteiger partial charge in [-0.25, -0.2) is 0 Å². The molecule has 276 valence electrons. The van der Waals surface area contributed by atoms with Crippen LogP contribution in [-0.4, -0.2) is 69.8 Å². The van der Waals surface area contributed by atoms with Gasteiger partial charge in [-0.3, -0.25) is 4.79 Å². The molecule has 5 aliphatic rings. The van der Waals surface area contributed by atoms with Crippen LogP contribution < -0.4 is 11.1 Å². The zero-order valence-corrected chi connectivity index (χ0v) is 32.3. The van der Waals surface area contributed by atoms with Gasteiger partial charge in [-0.15, -0.1) is 5.10 Å². The Morgan fingerprint density at radius 3 is 2.45 bits per heavy atom. The first kappa shape index (κ1) is 36.7. The number of ether oxygens (including phenoxy) is 2. The molecule has 0 amide bonds. The predicted octanol–water partition coefficient (Wildman–Crippen LogP) is 6.79. The number of aromatic nitrogens is 4. The van der Waals surface area contributed by atoms with Gasteiger partial charge in [0.15, 0.2) is 0 Å². The number of carboxylic acid groups (broad SMARTS) is 1. The maximum absolute atomic E-state index is 13.5. The first-order valence-electron chi connectivity index (χ1n) is 19.2. The van der Waals surface area contributed by atoms with E-state index in [2.05, 4.69) is 103 Å². The third kappa shape index (κ3) is 5.34. The summed E-state index contributed by atoms with van der Waals surface area (Å²) in [4.78, 5) is 15.3. The molecule has 12 atom stereocenters. The average Bonchev–Trinajstić information content (AvgIpc) is 3.45. The zero-order chi connectivity index (χ0) is 35.9. The maximum Gasteiger partial charge on any atom is 0.307 e. The highest BCUT2D eigenvalue weighted by atomic mass is 16.5. The second-order valence-corrected chi connectivity index (χ2v) is 19.3. The van der Waals surface area contributed by atoms with E-state index >= 15 is 0 Å². The number of nitrogens with zero attached hydrogens (tertiary/aromatic N) is 4. The lowest BCUT2D eigenvalue weighted by molar-refractivity contribution is -0.254. The monoisotopic (exact) mass is 683 g/mol. The van der Waals surface area contributed by atoms with Gasteiger partial charge < -0.3 is 25.6 Å². The fourth-order valence-electron chi connectivity index (χ4n) is 12.5. The van der Waals surface area contributed by atoms with Crippen LogP contribution in [0.25, 0.3) is 0 Å². The summed E-state index contributed by atoms with van der Waals surface area (Å²) in [6.45, 7) is 27.8. The highest BCUT2D eigenvalue weighted by Crippen LogP contribution is 2.75. The van der Waals surface area contributed by atoms with Gasteiger partial charge in [0.2, 0.25) is 0 Å². The number of likely N-dealkylation sites (N-methyl/N-ethyl adjacent to an activating group) is 1. The molecule has 4 aliphatic carbocycles. The van der Waals surface area contributed by atoms with E-state index in [1.54, 1.807) is 4.80 Å². The molecule has 1 aromatic heterocycles. The summed E-state index contributed by atoms with van der Waals surface area (Å²) in [5.41, 5.74) is 6.17.